The first-order chi connectivity index (χ1) is 13.1. The van der Waals surface area contributed by atoms with Gasteiger partial charge in [0.15, 0.2) is 0 Å². The Morgan fingerprint density at radius 3 is 2.39 bits per heavy atom. The van der Waals surface area contributed by atoms with E-state index in [-0.39, 0.29) is 11.6 Å². The molecular weight excluding hydrogens is 433 g/mol. The normalized spacial score (nSPS) is 11.5. The standard InChI is InChI=1S/C21H18BrF3N2O/c1-12-8-9-15(22)11-18(12)26-20(28)16-10-13(2)27(14(16)3)19-7-5-4-6-17(19)21(23,24)25/h4-11H,1-3H3,(H,26,28). The molecule has 3 rings (SSSR count). The van der Waals surface area contributed by atoms with Gasteiger partial charge in [-0.25, -0.2) is 0 Å². The Balaban J connectivity index is 2.04. The van der Waals surface area contributed by atoms with E-state index in [4.69, 9.17) is 0 Å². The number of halogens is 4. The molecule has 0 unspecified atom stereocenters. The maximum absolute atomic E-state index is 13.4. The van der Waals surface area contributed by atoms with Crippen molar-refractivity contribution in [1.29, 1.82) is 0 Å². The number of rotatable bonds is 3. The Morgan fingerprint density at radius 1 is 1.04 bits per heavy atom. The minimum atomic E-state index is -4.49. The number of nitrogens with zero attached hydrogens (tertiary/aromatic N) is 1. The van der Waals surface area contributed by atoms with E-state index >= 15 is 0 Å². The number of benzene rings is 2. The number of carbonyl (C=O) groups is 1. The lowest BCUT2D eigenvalue weighted by Gasteiger charge is -2.17. The zero-order valence-corrected chi connectivity index (χ0v) is 17.1. The second-order valence-corrected chi connectivity index (χ2v) is 7.46. The van der Waals surface area contributed by atoms with Crippen LogP contribution in [0, 0.1) is 20.8 Å². The van der Waals surface area contributed by atoms with Crippen LogP contribution in [-0.2, 0) is 6.18 Å². The van der Waals surface area contributed by atoms with Crippen LogP contribution >= 0.6 is 15.9 Å². The van der Waals surface area contributed by atoms with Crippen LogP contribution in [0.2, 0.25) is 0 Å². The predicted molar refractivity (Wildman–Crippen MR) is 107 cm³/mol. The van der Waals surface area contributed by atoms with Gasteiger partial charge in [0.25, 0.3) is 5.91 Å². The molecule has 3 aromatic rings. The molecule has 1 aromatic heterocycles. The van der Waals surface area contributed by atoms with Crippen molar-refractivity contribution in [1.82, 2.24) is 4.57 Å². The van der Waals surface area contributed by atoms with Gasteiger partial charge in [0.05, 0.1) is 16.8 Å². The highest BCUT2D eigenvalue weighted by Crippen LogP contribution is 2.35. The summed E-state index contributed by atoms with van der Waals surface area (Å²) in [5.74, 6) is -0.370. The molecule has 7 heteroatoms. The average Bonchev–Trinajstić information content (AvgIpc) is 2.92. The highest BCUT2D eigenvalue weighted by Gasteiger charge is 2.34. The van der Waals surface area contributed by atoms with Crippen molar-refractivity contribution in [2.45, 2.75) is 26.9 Å². The Morgan fingerprint density at radius 2 is 1.71 bits per heavy atom. The van der Waals surface area contributed by atoms with Crippen LogP contribution in [0.4, 0.5) is 18.9 Å². The molecule has 3 nitrogen and oxygen atoms in total. The van der Waals surface area contributed by atoms with Gasteiger partial charge in [-0.1, -0.05) is 34.1 Å². The Bertz CT molecular complexity index is 1050. The molecule has 146 valence electrons. The van der Waals surface area contributed by atoms with Gasteiger partial charge in [-0.15, -0.1) is 0 Å². The summed E-state index contributed by atoms with van der Waals surface area (Å²) in [7, 11) is 0. The Labute approximate surface area is 169 Å². The van der Waals surface area contributed by atoms with E-state index < -0.39 is 11.7 Å². The minimum Gasteiger partial charge on any atom is -0.322 e. The van der Waals surface area contributed by atoms with Gasteiger partial charge >= 0.3 is 6.18 Å². The Kier molecular flexibility index (Phi) is 5.39. The summed E-state index contributed by atoms with van der Waals surface area (Å²) in [5, 5.41) is 2.84. The number of amides is 1. The third kappa shape index (κ3) is 3.85. The fourth-order valence-corrected chi connectivity index (χ4v) is 3.55. The minimum absolute atomic E-state index is 0.00249. The number of anilines is 1. The number of alkyl halides is 3. The number of aryl methyl sites for hydroxylation is 2. The van der Waals surface area contributed by atoms with E-state index in [2.05, 4.69) is 21.2 Å². The number of hydrogen-bond donors (Lipinski definition) is 1. The van der Waals surface area contributed by atoms with E-state index in [0.29, 0.717) is 22.6 Å². The van der Waals surface area contributed by atoms with Crippen molar-refractivity contribution in [2.75, 3.05) is 5.32 Å². The smallest absolute Gasteiger partial charge is 0.322 e. The largest absolute Gasteiger partial charge is 0.418 e. The lowest BCUT2D eigenvalue weighted by Crippen LogP contribution is -2.15. The molecular formula is C21H18BrF3N2O. The van der Waals surface area contributed by atoms with Gasteiger partial charge in [-0.2, -0.15) is 13.2 Å². The van der Waals surface area contributed by atoms with Crippen molar-refractivity contribution in [3.63, 3.8) is 0 Å². The molecule has 0 saturated carbocycles. The van der Waals surface area contributed by atoms with Crippen LogP contribution in [0.25, 0.3) is 5.69 Å². The molecule has 0 saturated heterocycles. The zero-order valence-electron chi connectivity index (χ0n) is 15.5. The molecule has 1 N–H and O–H groups in total. The topological polar surface area (TPSA) is 34.0 Å². The Hall–Kier alpha value is -2.54. The quantitative estimate of drug-likeness (QED) is 0.489. The van der Waals surface area contributed by atoms with E-state index in [1.807, 2.05) is 19.1 Å². The van der Waals surface area contributed by atoms with Gasteiger partial charge in [0.1, 0.15) is 0 Å². The maximum Gasteiger partial charge on any atom is 0.418 e. The number of para-hydroxylation sites is 1. The first-order valence-corrected chi connectivity index (χ1v) is 9.32. The molecule has 0 bridgehead atoms. The highest BCUT2D eigenvalue weighted by atomic mass is 79.9. The van der Waals surface area contributed by atoms with Crippen molar-refractivity contribution in [3.8, 4) is 5.69 Å². The summed E-state index contributed by atoms with van der Waals surface area (Å²) in [5.41, 5.74) is 2.10. The molecule has 0 radical (unpaired) electrons. The third-order valence-corrected chi connectivity index (χ3v) is 5.07. The van der Waals surface area contributed by atoms with E-state index in [9.17, 15) is 18.0 Å². The van der Waals surface area contributed by atoms with Crippen molar-refractivity contribution in [2.24, 2.45) is 0 Å². The van der Waals surface area contributed by atoms with Crippen LogP contribution in [0.1, 0.15) is 32.9 Å². The molecule has 0 atom stereocenters. The highest BCUT2D eigenvalue weighted by molar-refractivity contribution is 9.10. The summed E-state index contributed by atoms with van der Waals surface area (Å²) in [6.45, 7) is 5.19. The van der Waals surface area contributed by atoms with E-state index in [1.54, 1.807) is 32.0 Å². The monoisotopic (exact) mass is 450 g/mol. The second-order valence-electron chi connectivity index (χ2n) is 6.55. The number of nitrogens with one attached hydrogen (secondary N) is 1. The van der Waals surface area contributed by atoms with Gasteiger partial charge < -0.3 is 9.88 Å². The van der Waals surface area contributed by atoms with Crippen LogP contribution in [0.15, 0.2) is 53.0 Å². The van der Waals surface area contributed by atoms with Crippen molar-refractivity contribution >= 4 is 27.5 Å². The van der Waals surface area contributed by atoms with Gasteiger partial charge in [0.2, 0.25) is 0 Å². The summed E-state index contributed by atoms with van der Waals surface area (Å²) in [6.07, 6.45) is -4.49. The van der Waals surface area contributed by atoms with E-state index in [0.717, 1.165) is 16.1 Å². The van der Waals surface area contributed by atoms with E-state index in [1.165, 1.54) is 16.7 Å². The van der Waals surface area contributed by atoms with Crippen LogP contribution in [-0.4, -0.2) is 10.5 Å². The molecule has 28 heavy (non-hydrogen) atoms. The van der Waals surface area contributed by atoms with Crippen LogP contribution < -0.4 is 5.32 Å². The molecule has 0 spiro atoms. The second kappa shape index (κ2) is 7.47. The molecule has 1 heterocycles. The molecule has 1 amide bonds. The number of carbonyl (C=O) groups excluding carboxylic acids is 1. The molecule has 0 fully saturated rings. The molecule has 0 aliphatic carbocycles. The summed E-state index contributed by atoms with van der Waals surface area (Å²) >= 11 is 3.37. The lowest BCUT2D eigenvalue weighted by atomic mass is 10.1. The van der Waals surface area contributed by atoms with Gasteiger partial charge in [-0.05, 0) is 56.7 Å². The van der Waals surface area contributed by atoms with Crippen LogP contribution in [0.3, 0.4) is 0 Å². The van der Waals surface area contributed by atoms with Gasteiger partial charge in [0, 0.05) is 21.5 Å². The third-order valence-electron chi connectivity index (χ3n) is 4.57. The molecule has 0 aliphatic heterocycles. The van der Waals surface area contributed by atoms with Crippen LogP contribution in [0.5, 0.6) is 0 Å². The predicted octanol–water partition coefficient (Wildman–Crippen LogP) is 6.44. The summed E-state index contributed by atoms with van der Waals surface area (Å²) in [4.78, 5) is 12.8. The number of hydrogen-bond acceptors (Lipinski definition) is 1. The van der Waals surface area contributed by atoms with Crippen molar-refractivity contribution in [3.05, 3.63) is 81.1 Å². The molecule has 0 aliphatic rings. The first kappa shape index (κ1) is 20.2. The fraction of sp³-hybridized carbons (Fsp3) is 0.190. The summed E-state index contributed by atoms with van der Waals surface area (Å²) < 4.78 is 42.6. The SMILES string of the molecule is Cc1ccc(Br)cc1NC(=O)c1cc(C)n(-c2ccccc2C(F)(F)F)c1C. The van der Waals surface area contributed by atoms with Gasteiger partial charge in [-0.3, -0.25) is 4.79 Å². The maximum atomic E-state index is 13.4. The number of aromatic nitrogens is 1. The fourth-order valence-electron chi connectivity index (χ4n) is 3.19. The average molecular weight is 451 g/mol. The zero-order chi connectivity index (χ0) is 20.6. The summed E-state index contributed by atoms with van der Waals surface area (Å²) in [6, 6.07) is 12.5. The molecule has 2 aromatic carbocycles. The lowest BCUT2D eigenvalue weighted by molar-refractivity contribution is -0.137. The van der Waals surface area contributed by atoms with Crippen molar-refractivity contribution < 1.29 is 18.0 Å². The first-order valence-electron chi connectivity index (χ1n) is 8.52.